The number of rotatable bonds is 4. The van der Waals surface area contributed by atoms with Gasteiger partial charge in [-0.2, -0.15) is 0 Å². The van der Waals surface area contributed by atoms with Crippen LogP contribution in [0.15, 0.2) is 28.7 Å². The summed E-state index contributed by atoms with van der Waals surface area (Å²) in [6.07, 6.45) is 0. The van der Waals surface area contributed by atoms with Crippen LogP contribution in [0.25, 0.3) is 11.0 Å². The molecule has 0 aliphatic carbocycles. The summed E-state index contributed by atoms with van der Waals surface area (Å²) in [7, 11) is 0. The van der Waals surface area contributed by atoms with E-state index in [1.165, 1.54) is 0 Å². The van der Waals surface area contributed by atoms with E-state index in [2.05, 4.69) is 10.6 Å². The summed E-state index contributed by atoms with van der Waals surface area (Å²) in [4.78, 5) is 24.3. The first-order valence-corrected chi connectivity index (χ1v) is 8.41. The fourth-order valence-corrected chi connectivity index (χ4v) is 2.95. The average molecular weight is 390 g/mol. The Morgan fingerprint density at radius 1 is 0.964 bits per heavy atom. The lowest BCUT2D eigenvalue weighted by atomic mass is 10.0. The minimum Gasteiger partial charge on any atom is -0.450 e. The van der Waals surface area contributed by atoms with Crippen molar-refractivity contribution in [1.82, 2.24) is 5.32 Å². The predicted molar refractivity (Wildman–Crippen MR) is 97.7 cm³/mol. The molecule has 0 aliphatic heterocycles. The Bertz CT molecular complexity index is 1110. The van der Waals surface area contributed by atoms with Crippen LogP contribution in [-0.4, -0.2) is 18.4 Å². The third kappa shape index (κ3) is 3.45. The predicted octanol–water partition coefficient (Wildman–Crippen LogP) is 4.14. The molecule has 2 amide bonds. The zero-order valence-corrected chi connectivity index (χ0v) is 15.4. The molecule has 3 rings (SSSR count). The van der Waals surface area contributed by atoms with Gasteiger partial charge in [-0.05, 0) is 44.0 Å². The molecule has 0 saturated heterocycles. The maximum absolute atomic E-state index is 13.6. The molecule has 1 aromatic heterocycles. The third-order valence-electron chi connectivity index (χ3n) is 4.41. The van der Waals surface area contributed by atoms with Crippen LogP contribution in [0.4, 0.5) is 18.9 Å². The summed E-state index contributed by atoms with van der Waals surface area (Å²) in [5.74, 6) is -5.93. The fourth-order valence-electron chi connectivity index (χ4n) is 2.95. The van der Waals surface area contributed by atoms with Gasteiger partial charge in [0.05, 0.1) is 12.2 Å². The zero-order valence-electron chi connectivity index (χ0n) is 15.4. The van der Waals surface area contributed by atoms with Crippen LogP contribution in [0.3, 0.4) is 0 Å². The summed E-state index contributed by atoms with van der Waals surface area (Å²) in [6, 6.07) is 5.38. The van der Waals surface area contributed by atoms with E-state index in [0.717, 1.165) is 22.6 Å². The lowest BCUT2D eigenvalue weighted by molar-refractivity contribution is -0.115. The Morgan fingerprint density at radius 2 is 1.64 bits per heavy atom. The first kappa shape index (κ1) is 19.5. The van der Waals surface area contributed by atoms with Gasteiger partial charge in [-0.15, -0.1) is 0 Å². The van der Waals surface area contributed by atoms with Crippen LogP contribution < -0.4 is 10.6 Å². The van der Waals surface area contributed by atoms with Gasteiger partial charge in [0.25, 0.3) is 5.91 Å². The van der Waals surface area contributed by atoms with E-state index in [4.69, 9.17) is 4.42 Å². The Kier molecular flexibility index (Phi) is 5.13. The van der Waals surface area contributed by atoms with E-state index >= 15 is 0 Å². The largest absolute Gasteiger partial charge is 0.450 e. The minimum atomic E-state index is -1.69. The highest BCUT2D eigenvalue weighted by molar-refractivity contribution is 6.02. The second kappa shape index (κ2) is 7.38. The first-order chi connectivity index (χ1) is 13.2. The minimum absolute atomic E-state index is 0.0687. The van der Waals surface area contributed by atoms with Crippen molar-refractivity contribution in [2.45, 2.75) is 20.8 Å². The number of nitrogens with one attached hydrogen (secondary N) is 2. The maximum atomic E-state index is 13.6. The van der Waals surface area contributed by atoms with E-state index in [0.29, 0.717) is 17.2 Å². The van der Waals surface area contributed by atoms with Gasteiger partial charge < -0.3 is 15.1 Å². The molecule has 2 aromatic carbocycles. The molecule has 0 fully saturated rings. The molecule has 0 saturated carbocycles. The lowest BCUT2D eigenvalue weighted by Crippen LogP contribution is -2.33. The highest BCUT2D eigenvalue weighted by atomic mass is 19.2. The van der Waals surface area contributed by atoms with E-state index in [-0.39, 0.29) is 5.76 Å². The van der Waals surface area contributed by atoms with Crippen molar-refractivity contribution >= 4 is 28.5 Å². The van der Waals surface area contributed by atoms with Crippen molar-refractivity contribution in [3.05, 3.63) is 64.2 Å². The molecule has 0 spiro atoms. The number of amides is 2. The molecule has 0 radical (unpaired) electrons. The molecular formula is C20H17F3N2O3. The number of hydrogen-bond acceptors (Lipinski definition) is 3. The van der Waals surface area contributed by atoms with Gasteiger partial charge in [0.2, 0.25) is 5.91 Å². The molecule has 28 heavy (non-hydrogen) atoms. The summed E-state index contributed by atoms with van der Waals surface area (Å²) in [5, 5.41) is 5.28. The highest BCUT2D eigenvalue weighted by Crippen LogP contribution is 2.30. The second-order valence-corrected chi connectivity index (χ2v) is 6.41. The second-order valence-electron chi connectivity index (χ2n) is 6.41. The fraction of sp³-hybridized carbons (Fsp3) is 0.200. The number of carbonyl (C=O) groups is 2. The SMILES string of the molecule is Cc1ccc(C)c2c(C)c(C(=O)NCC(=O)Nc3ccc(F)c(F)c3F)oc12. The molecule has 146 valence electrons. The number of fused-ring (bicyclic) bond motifs is 1. The third-order valence-corrected chi connectivity index (χ3v) is 4.41. The van der Waals surface area contributed by atoms with E-state index in [1.807, 2.05) is 26.0 Å². The molecule has 0 unspecified atom stereocenters. The average Bonchev–Trinajstić information content (AvgIpc) is 3.02. The Hall–Kier alpha value is -3.29. The number of anilines is 1. The van der Waals surface area contributed by atoms with Gasteiger partial charge in [0.1, 0.15) is 5.58 Å². The topological polar surface area (TPSA) is 71.3 Å². The van der Waals surface area contributed by atoms with Crippen molar-refractivity contribution in [3.8, 4) is 0 Å². The van der Waals surface area contributed by atoms with Gasteiger partial charge in [0, 0.05) is 10.9 Å². The molecule has 0 aliphatic rings. The van der Waals surface area contributed by atoms with Crippen molar-refractivity contribution in [2.75, 3.05) is 11.9 Å². The van der Waals surface area contributed by atoms with Gasteiger partial charge >= 0.3 is 0 Å². The van der Waals surface area contributed by atoms with Crippen molar-refractivity contribution in [3.63, 3.8) is 0 Å². The highest BCUT2D eigenvalue weighted by Gasteiger charge is 2.21. The summed E-state index contributed by atoms with van der Waals surface area (Å²) >= 11 is 0. The number of furan rings is 1. The Morgan fingerprint density at radius 3 is 2.32 bits per heavy atom. The van der Waals surface area contributed by atoms with Crippen LogP contribution in [0.2, 0.25) is 0 Å². The van der Waals surface area contributed by atoms with Crippen molar-refractivity contribution < 1.29 is 27.2 Å². The van der Waals surface area contributed by atoms with Crippen LogP contribution in [0.1, 0.15) is 27.2 Å². The number of aryl methyl sites for hydroxylation is 3. The van der Waals surface area contributed by atoms with Crippen molar-refractivity contribution in [2.24, 2.45) is 0 Å². The molecule has 8 heteroatoms. The summed E-state index contributed by atoms with van der Waals surface area (Å²) < 4.78 is 45.4. The van der Waals surface area contributed by atoms with Gasteiger partial charge in [-0.3, -0.25) is 9.59 Å². The summed E-state index contributed by atoms with van der Waals surface area (Å²) in [5.41, 5.74) is 2.53. The van der Waals surface area contributed by atoms with E-state index in [9.17, 15) is 22.8 Å². The molecule has 3 aromatic rings. The smallest absolute Gasteiger partial charge is 0.287 e. The van der Waals surface area contributed by atoms with Crippen molar-refractivity contribution in [1.29, 1.82) is 0 Å². The number of hydrogen-bond donors (Lipinski definition) is 2. The summed E-state index contributed by atoms with van der Waals surface area (Å²) in [6.45, 7) is 4.99. The molecular weight excluding hydrogens is 373 g/mol. The van der Waals surface area contributed by atoms with Crippen LogP contribution in [0, 0.1) is 38.2 Å². The lowest BCUT2D eigenvalue weighted by Gasteiger charge is -2.08. The van der Waals surface area contributed by atoms with E-state index in [1.54, 1.807) is 6.92 Å². The molecule has 5 nitrogen and oxygen atoms in total. The number of benzene rings is 2. The monoisotopic (exact) mass is 390 g/mol. The van der Waals surface area contributed by atoms with Crippen LogP contribution >= 0.6 is 0 Å². The Balaban J connectivity index is 1.73. The normalized spacial score (nSPS) is 10.9. The molecule has 0 bridgehead atoms. The maximum Gasteiger partial charge on any atom is 0.287 e. The van der Waals surface area contributed by atoms with Crippen LogP contribution in [0.5, 0.6) is 0 Å². The first-order valence-electron chi connectivity index (χ1n) is 8.41. The molecule has 2 N–H and O–H groups in total. The standard InChI is InChI=1S/C20H17F3N2O3/c1-9-4-5-10(2)18-15(9)11(3)19(28-18)20(27)24-8-14(26)25-13-7-6-12(21)16(22)17(13)23/h4-7H,8H2,1-3H3,(H,24,27)(H,25,26). The zero-order chi connectivity index (χ0) is 20.6. The Labute approximate surface area is 158 Å². The van der Waals surface area contributed by atoms with E-state index < -0.39 is 41.5 Å². The van der Waals surface area contributed by atoms with Gasteiger partial charge in [-0.25, -0.2) is 13.2 Å². The number of halogens is 3. The number of carbonyl (C=O) groups excluding carboxylic acids is 2. The van der Waals surface area contributed by atoms with Crippen LogP contribution in [-0.2, 0) is 4.79 Å². The van der Waals surface area contributed by atoms with Gasteiger partial charge in [0.15, 0.2) is 23.2 Å². The quantitative estimate of drug-likeness (QED) is 0.658. The molecule has 1 heterocycles. The molecule has 0 atom stereocenters. The van der Waals surface area contributed by atoms with Gasteiger partial charge in [-0.1, -0.05) is 12.1 Å².